The number of carbonyl (C=O) groups is 2. The minimum Gasteiger partial charge on any atom is -0.465 e. The van der Waals surface area contributed by atoms with Crippen LogP contribution in [0.1, 0.15) is 58.3 Å². The van der Waals surface area contributed by atoms with Crippen molar-refractivity contribution >= 4 is 12.1 Å². The van der Waals surface area contributed by atoms with E-state index in [4.69, 9.17) is 14.2 Å². The van der Waals surface area contributed by atoms with Crippen molar-refractivity contribution in [1.29, 1.82) is 0 Å². The molecule has 2 N–H and O–H groups in total. The third-order valence-electron chi connectivity index (χ3n) is 5.16. The lowest BCUT2D eigenvalue weighted by atomic mass is 10.1. The zero-order chi connectivity index (χ0) is 31.2. The van der Waals surface area contributed by atoms with E-state index in [1.54, 1.807) is 41.5 Å². The van der Waals surface area contributed by atoms with Gasteiger partial charge in [0, 0.05) is 18.7 Å². The summed E-state index contributed by atoms with van der Waals surface area (Å²) in [4.78, 5) is 28.8. The number of aliphatic hydroxyl groups is 1. The second kappa shape index (κ2) is 13.2. The SMILES string of the molecule is COC(=O)c1cnc(Oc2ccc(-c3nnn(C[C@H](CC(O)OC(C)(C)C)NC(=O)OC(C)(C)C)n3)c(F)c2)c(F)c1. The van der Waals surface area contributed by atoms with Crippen molar-refractivity contribution < 1.29 is 42.4 Å². The van der Waals surface area contributed by atoms with Crippen LogP contribution in [0.25, 0.3) is 11.4 Å². The van der Waals surface area contributed by atoms with Gasteiger partial charge in [0.25, 0.3) is 5.88 Å². The molecule has 0 fully saturated rings. The maximum absolute atomic E-state index is 15.0. The van der Waals surface area contributed by atoms with Crippen LogP contribution in [0.15, 0.2) is 30.5 Å². The number of hydrogen-bond donors (Lipinski definition) is 2. The molecule has 15 heteroatoms. The van der Waals surface area contributed by atoms with Gasteiger partial charge in [-0.2, -0.15) is 4.80 Å². The Balaban J connectivity index is 1.74. The van der Waals surface area contributed by atoms with E-state index in [1.807, 2.05) is 0 Å². The highest BCUT2D eigenvalue weighted by atomic mass is 19.1. The largest absolute Gasteiger partial charge is 0.465 e. The Morgan fingerprint density at radius 3 is 2.38 bits per heavy atom. The third-order valence-corrected chi connectivity index (χ3v) is 5.16. The maximum atomic E-state index is 15.0. The first kappa shape index (κ1) is 32.3. The highest BCUT2D eigenvalue weighted by Crippen LogP contribution is 2.28. The van der Waals surface area contributed by atoms with Crippen molar-refractivity contribution in [1.82, 2.24) is 30.5 Å². The number of pyridine rings is 1. The number of tetrazole rings is 1. The van der Waals surface area contributed by atoms with Crippen LogP contribution < -0.4 is 10.1 Å². The number of esters is 1. The molecule has 2 aromatic heterocycles. The fourth-order valence-corrected chi connectivity index (χ4v) is 3.56. The zero-order valence-electron chi connectivity index (χ0n) is 24.3. The molecule has 1 aromatic carbocycles. The molecule has 0 aliphatic rings. The van der Waals surface area contributed by atoms with E-state index in [-0.39, 0.29) is 35.7 Å². The fourth-order valence-electron chi connectivity index (χ4n) is 3.56. The second-order valence-corrected chi connectivity index (χ2v) is 11.2. The number of benzene rings is 1. The number of halogens is 2. The lowest BCUT2D eigenvalue weighted by Crippen LogP contribution is -2.44. The van der Waals surface area contributed by atoms with Gasteiger partial charge in [-0.15, -0.1) is 10.2 Å². The first-order valence-electron chi connectivity index (χ1n) is 12.9. The highest BCUT2D eigenvalue weighted by Gasteiger charge is 2.26. The second-order valence-electron chi connectivity index (χ2n) is 11.2. The van der Waals surface area contributed by atoms with Crippen LogP contribution in [0.2, 0.25) is 0 Å². The van der Waals surface area contributed by atoms with Gasteiger partial charge < -0.3 is 29.4 Å². The van der Waals surface area contributed by atoms with Crippen molar-refractivity contribution in [3.63, 3.8) is 0 Å². The summed E-state index contributed by atoms with van der Waals surface area (Å²) in [6, 6.07) is 3.79. The standard InChI is InChI=1S/C27H34F2N6O7/c1-26(2,3)41-21(36)11-16(31-25(38)42-27(4,5)6)14-35-33-22(32-34-35)18-9-8-17(12-19(18)28)40-23-20(29)10-15(13-30-23)24(37)39-7/h8-10,12-13,16,21,36H,11,14H2,1-7H3,(H,31,38)/t16-,21?/m0/s1. The van der Waals surface area contributed by atoms with E-state index in [0.717, 1.165) is 30.2 Å². The minimum absolute atomic E-state index is 0.0288. The molecule has 2 heterocycles. The van der Waals surface area contributed by atoms with Gasteiger partial charge >= 0.3 is 12.1 Å². The van der Waals surface area contributed by atoms with Gasteiger partial charge in [-0.05, 0) is 65.0 Å². The van der Waals surface area contributed by atoms with E-state index in [9.17, 15) is 23.5 Å². The number of amides is 1. The Morgan fingerprint density at radius 1 is 1.07 bits per heavy atom. The summed E-state index contributed by atoms with van der Waals surface area (Å²) in [6.07, 6.45) is -0.910. The Kier molecular flexibility index (Phi) is 10.1. The predicted molar refractivity (Wildman–Crippen MR) is 143 cm³/mol. The van der Waals surface area contributed by atoms with Gasteiger partial charge in [-0.25, -0.2) is 23.4 Å². The van der Waals surface area contributed by atoms with Gasteiger partial charge in [0.15, 0.2) is 12.1 Å². The number of aliphatic hydroxyl groups excluding tert-OH is 1. The number of rotatable bonds is 10. The van der Waals surface area contributed by atoms with Crippen LogP contribution in [-0.2, 0) is 20.8 Å². The highest BCUT2D eigenvalue weighted by molar-refractivity contribution is 5.89. The molecule has 0 radical (unpaired) electrons. The van der Waals surface area contributed by atoms with Crippen LogP contribution in [0.4, 0.5) is 13.6 Å². The molecule has 1 amide bonds. The van der Waals surface area contributed by atoms with E-state index >= 15 is 0 Å². The van der Waals surface area contributed by atoms with Crippen molar-refractivity contribution in [2.45, 2.75) is 78.0 Å². The molecule has 3 rings (SSSR count). The number of nitrogens with zero attached hydrogens (tertiary/aromatic N) is 5. The van der Waals surface area contributed by atoms with Crippen molar-refractivity contribution in [2.75, 3.05) is 7.11 Å². The van der Waals surface area contributed by atoms with E-state index in [2.05, 4.69) is 30.4 Å². The number of alkyl carbamates (subject to hydrolysis) is 1. The summed E-state index contributed by atoms with van der Waals surface area (Å²) in [5, 5.41) is 25.1. The average molecular weight is 593 g/mol. The van der Waals surface area contributed by atoms with Crippen LogP contribution in [0, 0.1) is 11.6 Å². The van der Waals surface area contributed by atoms with Gasteiger partial charge in [-0.1, -0.05) is 0 Å². The molecule has 0 aliphatic heterocycles. The maximum Gasteiger partial charge on any atom is 0.407 e. The summed E-state index contributed by atoms with van der Waals surface area (Å²) >= 11 is 0. The molecule has 13 nitrogen and oxygen atoms in total. The molecule has 228 valence electrons. The molecular formula is C27H34F2N6O7. The lowest BCUT2D eigenvalue weighted by Gasteiger charge is -2.28. The smallest absolute Gasteiger partial charge is 0.407 e. The van der Waals surface area contributed by atoms with E-state index in [0.29, 0.717) is 0 Å². The molecule has 0 saturated heterocycles. The van der Waals surface area contributed by atoms with Crippen LogP contribution >= 0.6 is 0 Å². The predicted octanol–water partition coefficient (Wildman–Crippen LogP) is 4.01. The van der Waals surface area contributed by atoms with E-state index in [1.165, 1.54) is 12.1 Å². The number of aromatic nitrogens is 5. The van der Waals surface area contributed by atoms with Crippen LogP contribution in [0.3, 0.4) is 0 Å². The summed E-state index contributed by atoms with van der Waals surface area (Å²) in [5.41, 5.74) is -1.54. The molecule has 3 aromatic rings. The van der Waals surface area contributed by atoms with Crippen molar-refractivity contribution in [3.05, 3.63) is 47.7 Å². The molecule has 0 bridgehead atoms. The number of nitrogens with one attached hydrogen (secondary N) is 1. The molecule has 0 saturated carbocycles. The van der Waals surface area contributed by atoms with Gasteiger partial charge in [0.05, 0.1) is 36.4 Å². The summed E-state index contributed by atoms with van der Waals surface area (Å²) in [5.74, 6) is -3.13. The first-order valence-corrected chi connectivity index (χ1v) is 12.9. The summed E-state index contributed by atoms with van der Waals surface area (Å²) in [6.45, 7) is 10.4. The number of methoxy groups -OCH3 is 1. The Bertz CT molecular complexity index is 1400. The molecule has 0 aliphatic carbocycles. The molecule has 42 heavy (non-hydrogen) atoms. The minimum atomic E-state index is -1.23. The third kappa shape index (κ3) is 9.69. The quantitative estimate of drug-likeness (QED) is 0.259. The Labute approximate surface area is 241 Å². The monoisotopic (exact) mass is 592 g/mol. The first-order chi connectivity index (χ1) is 19.5. The van der Waals surface area contributed by atoms with Crippen molar-refractivity contribution in [2.24, 2.45) is 0 Å². The molecular weight excluding hydrogens is 558 g/mol. The summed E-state index contributed by atoms with van der Waals surface area (Å²) in [7, 11) is 1.15. The molecule has 1 unspecified atom stereocenters. The fraction of sp³-hybridized carbons (Fsp3) is 0.481. The lowest BCUT2D eigenvalue weighted by molar-refractivity contribution is -0.171. The topological polar surface area (TPSA) is 160 Å². The zero-order valence-corrected chi connectivity index (χ0v) is 24.3. The van der Waals surface area contributed by atoms with Gasteiger partial charge in [0.1, 0.15) is 17.2 Å². The van der Waals surface area contributed by atoms with Crippen molar-refractivity contribution in [3.8, 4) is 23.0 Å². The molecule has 2 atom stereocenters. The number of hydrogen-bond acceptors (Lipinski definition) is 11. The van der Waals surface area contributed by atoms with E-state index < -0.39 is 53.1 Å². The molecule has 0 spiro atoms. The van der Waals surface area contributed by atoms with Gasteiger partial charge in [0.2, 0.25) is 5.82 Å². The Hall–Kier alpha value is -4.24. The van der Waals surface area contributed by atoms with Gasteiger partial charge in [-0.3, -0.25) is 0 Å². The Morgan fingerprint density at radius 2 is 1.79 bits per heavy atom. The number of ether oxygens (including phenoxy) is 4. The average Bonchev–Trinajstić information content (AvgIpc) is 3.30. The number of carbonyl (C=O) groups excluding carboxylic acids is 2. The summed E-state index contributed by atoms with van der Waals surface area (Å²) < 4.78 is 50.0. The normalized spacial score (nSPS) is 13.3. The van der Waals surface area contributed by atoms with Crippen LogP contribution in [-0.4, -0.2) is 73.0 Å². The van der Waals surface area contributed by atoms with Crippen LogP contribution in [0.5, 0.6) is 11.6 Å².